The molecular formula is C12H18N2O2S. The third-order valence-electron chi connectivity index (χ3n) is 2.96. The van der Waals surface area contributed by atoms with Crippen LogP contribution in [0.15, 0.2) is 24.3 Å². The van der Waals surface area contributed by atoms with Crippen molar-refractivity contribution in [1.82, 2.24) is 4.31 Å². The number of benzene rings is 1. The minimum Gasteiger partial charge on any atom is -0.327 e. The van der Waals surface area contributed by atoms with Crippen molar-refractivity contribution in [2.24, 2.45) is 5.73 Å². The summed E-state index contributed by atoms with van der Waals surface area (Å²) in [6.45, 7) is 2.76. The van der Waals surface area contributed by atoms with E-state index in [1.165, 1.54) is 5.56 Å². The Kier molecular flexibility index (Phi) is 3.51. The minimum absolute atomic E-state index is 0.0230. The molecular weight excluding hydrogens is 236 g/mol. The summed E-state index contributed by atoms with van der Waals surface area (Å²) in [6, 6.07) is 7.66. The Bertz CT molecular complexity index is 497. The Labute approximate surface area is 102 Å². The fourth-order valence-corrected chi connectivity index (χ4v) is 3.73. The first-order valence-corrected chi connectivity index (χ1v) is 7.40. The number of hydrogen-bond acceptors (Lipinski definition) is 3. The molecule has 0 saturated carbocycles. The Morgan fingerprint density at radius 3 is 2.65 bits per heavy atom. The Morgan fingerprint density at radius 1 is 1.35 bits per heavy atom. The second kappa shape index (κ2) is 4.76. The maximum absolute atomic E-state index is 12.1. The summed E-state index contributed by atoms with van der Waals surface area (Å²) in [7, 11) is -3.22. The maximum Gasteiger partial charge on any atom is 0.215 e. The van der Waals surface area contributed by atoms with Gasteiger partial charge in [-0.15, -0.1) is 0 Å². The van der Waals surface area contributed by atoms with E-state index in [1.54, 1.807) is 11.2 Å². The van der Waals surface area contributed by atoms with Gasteiger partial charge in [0.2, 0.25) is 10.0 Å². The molecule has 0 fully saturated rings. The molecule has 17 heavy (non-hydrogen) atoms. The van der Waals surface area contributed by atoms with Crippen LogP contribution in [-0.2, 0) is 23.0 Å². The zero-order chi connectivity index (χ0) is 12.5. The largest absolute Gasteiger partial charge is 0.327 e. The number of rotatable bonds is 3. The molecule has 4 nitrogen and oxygen atoms in total. The van der Waals surface area contributed by atoms with Crippen molar-refractivity contribution in [2.45, 2.75) is 25.9 Å². The molecule has 1 aromatic carbocycles. The van der Waals surface area contributed by atoms with E-state index in [0.717, 1.165) is 12.0 Å². The van der Waals surface area contributed by atoms with E-state index in [-0.39, 0.29) is 11.8 Å². The van der Waals surface area contributed by atoms with Crippen molar-refractivity contribution in [2.75, 3.05) is 12.3 Å². The van der Waals surface area contributed by atoms with E-state index >= 15 is 0 Å². The Balaban J connectivity index is 2.18. The maximum atomic E-state index is 12.1. The van der Waals surface area contributed by atoms with Gasteiger partial charge in [-0.05, 0) is 24.5 Å². The molecule has 2 rings (SSSR count). The SMILES string of the molecule is CC(N)CS(=O)(=O)N1CCc2ccccc2C1. The van der Waals surface area contributed by atoms with Gasteiger partial charge >= 0.3 is 0 Å². The summed E-state index contributed by atoms with van der Waals surface area (Å²) in [6.07, 6.45) is 0.786. The van der Waals surface area contributed by atoms with Crippen LogP contribution in [0.25, 0.3) is 0 Å². The van der Waals surface area contributed by atoms with Crippen LogP contribution in [0.4, 0.5) is 0 Å². The highest BCUT2D eigenvalue weighted by molar-refractivity contribution is 7.89. The Hall–Kier alpha value is -0.910. The van der Waals surface area contributed by atoms with Crippen LogP contribution in [0, 0.1) is 0 Å². The van der Waals surface area contributed by atoms with E-state index in [9.17, 15) is 8.42 Å². The topological polar surface area (TPSA) is 63.4 Å². The van der Waals surface area contributed by atoms with Crippen LogP contribution in [0.5, 0.6) is 0 Å². The number of hydrogen-bond donors (Lipinski definition) is 1. The quantitative estimate of drug-likeness (QED) is 0.864. The third-order valence-corrected chi connectivity index (χ3v) is 5.01. The first kappa shape index (κ1) is 12.5. The molecule has 5 heteroatoms. The molecule has 1 heterocycles. The molecule has 94 valence electrons. The van der Waals surface area contributed by atoms with Gasteiger partial charge in [-0.25, -0.2) is 8.42 Å². The zero-order valence-electron chi connectivity index (χ0n) is 9.96. The summed E-state index contributed by atoms with van der Waals surface area (Å²) in [4.78, 5) is 0. The van der Waals surface area contributed by atoms with Crippen LogP contribution in [0.3, 0.4) is 0 Å². The summed E-state index contributed by atoms with van der Waals surface area (Å²) in [5, 5.41) is 0. The highest BCUT2D eigenvalue weighted by Crippen LogP contribution is 2.21. The average Bonchev–Trinajstić information content (AvgIpc) is 2.26. The van der Waals surface area contributed by atoms with Crippen molar-refractivity contribution in [3.63, 3.8) is 0 Å². The van der Waals surface area contributed by atoms with Gasteiger partial charge in [-0.2, -0.15) is 4.31 Å². The number of fused-ring (bicyclic) bond motifs is 1. The third kappa shape index (κ3) is 2.86. The summed E-state index contributed by atoms with van der Waals surface area (Å²) >= 11 is 0. The second-order valence-electron chi connectivity index (χ2n) is 4.61. The van der Waals surface area contributed by atoms with Crippen molar-refractivity contribution in [3.8, 4) is 0 Å². The molecule has 1 unspecified atom stereocenters. The highest BCUT2D eigenvalue weighted by Gasteiger charge is 2.26. The molecule has 1 atom stereocenters. The van der Waals surface area contributed by atoms with E-state index in [1.807, 2.05) is 18.2 Å². The minimum atomic E-state index is -3.22. The van der Waals surface area contributed by atoms with Crippen molar-refractivity contribution < 1.29 is 8.42 Å². The smallest absolute Gasteiger partial charge is 0.215 e. The van der Waals surface area contributed by atoms with Gasteiger partial charge < -0.3 is 5.73 Å². The molecule has 1 aromatic rings. The van der Waals surface area contributed by atoms with Crippen LogP contribution in [-0.4, -0.2) is 31.1 Å². The van der Waals surface area contributed by atoms with Gasteiger partial charge in [0.25, 0.3) is 0 Å². The van der Waals surface area contributed by atoms with Gasteiger partial charge in [-0.1, -0.05) is 24.3 Å². The van der Waals surface area contributed by atoms with Gasteiger partial charge in [0.05, 0.1) is 5.75 Å². The monoisotopic (exact) mass is 254 g/mol. The number of nitrogens with zero attached hydrogens (tertiary/aromatic N) is 1. The molecule has 0 aliphatic carbocycles. The molecule has 0 spiro atoms. The summed E-state index contributed by atoms with van der Waals surface area (Å²) in [5.74, 6) is 0.0230. The van der Waals surface area contributed by atoms with Crippen LogP contribution >= 0.6 is 0 Å². The predicted octanol–water partition coefficient (Wildman–Crippen LogP) is 0.722. The first-order chi connectivity index (χ1) is 7.99. The molecule has 0 radical (unpaired) electrons. The van der Waals surface area contributed by atoms with Crippen molar-refractivity contribution in [1.29, 1.82) is 0 Å². The van der Waals surface area contributed by atoms with Crippen molar-refractivity contribution in [3.05, 3.63) is 35.4 Å². The molecule has 0 aromatic heterocycles. The summed E-state index contributed by atoms with van der Waals surface area (Å²) in [5.41, 5.74) is 7.93. The van der Waals surface area contributed by atoms with Crippen LogP contribution in [0.2, 0.25) is 0 Å². The lowest BCUT2D eigenvalue weighted by Gasteiger charge is -2.28. The molecule has 1 aliphatic rings. The molecule has 0 saturated heterocycles. The zero-order valence-corrected chi connectivity index (χ0v) is 10.8. The normalized spacial score (nSPS) is 18.7. The van der Waals surface area contributed by atoms with Crippen LogP contribution < -0.4 is 5.73 Å². The van der Waals surface area contributed by atoms with E-state index in [2.05, 4.69) is 6.07 Å². The molecule has 0 amide bonds. The lowest BCUT2D eigenvalue weighted by molar-refractivity contribution is 0.390. The molecule has 0 bridgehead atoms. The molecule has 2 N–H and O–H groups in total. The standard InChI is InChI=1S/C12H18N2O2S/c1-10(13)9-17(15,16)14-7-6-11-4-2-3-5-12(11)8-14/h2-5,10H,6-9,13H2,1H3. The van der Waals surface area contributed by atoms with Crippen molar-refractivity contribution >= 4 is 10.0 Å². The fraction of sp³-hybridized carbons (Fsp3) is 0.500. The van der Waals surface area contributed by atoms with Gasteiger partial charge in [0.15, 0.2) is 0 Å². The highest BCUT2D eigenvalue weighted by atomic mass is 32.2. The number of nitrogens with two attached hydrogens (primary N) is 1. The summed E-state index contributed by atoms with van der Waals surface area (Å²) < 4.78 is 25.6. The van der Waals surface area contributed by atoms with Gasteiger partial charge in [-0.3, -0.25) is 0 Å². The second-order valence-corrected chi connectivity index (χ2v) is 6.62. The van der Waals surface area contributed by atoms with Gasteiger partial charge in [0, 0.05) is 19.1 Å². The average molecular weight is 254 g/mol. The lowest BCUT2D eigenvalue weighted by Crippen LogP contribution is -2.41. The number of sulfonamides is 1. The first-order valence-electron chi connectivity index (χ1n) is 5.79. The predicted molar refractivity (Wildman–Crippen MR) is 68.0 cm³/mol. The van der Waals surface area contributed by atoms with E-state index in [0.29, 0.717) is 13.1 Å². The Morgan fingerprint density at radius 2 is 2.00 bits per heavy atom. The van der Waals surface area contributed by atoms with E-state index < -0.39 is 10.0 Å². The fourth-order valence-electron chi connectivity index (χ4n) is 2.14. The van der Waals surface area contributed by atoms with Crippen LogP contribution in [0.1, 0.15) is 18.1 Å². The van der Waals surface area contributed by atoms with E-state index in [4.69, 9.17) is 5.73 Å². The van der Waals surface area contributed by atoms with Gasteiger partial charge in [0.1, 0.15) is 0 Å². The lowest BCUT2D eigenvalue weighted by atomic mass is 10.0. The molecule has 1 aliphatic heterocycles.